The molecule has 0 radical (unpaired) electrons. The van der Waals surface area contributed by atoms with E-state index in [1.165, 1.54) is 11.3 Å². The molecule has 202 valence electrons. The van der Waals surface area contributed by atoms with Crippen molar-refractivity contribution < 1.29 is 4.79 Å². The number of carbonyl (C=O) groups is 1. The molecule has 0 spiro atoms. The first-order valence-corrected chi connectivity index (χ1v) is 14.9. The highest BCUT2D eigenvalue weighted by Gasteiger charge is 2.51. The molecule has 4 heterocycles. The molecular weight excluding hydrogens is 553 g/mol. The number of benzene rings is 3. The molecule has 0 aliphatic heterocycles. The molecule has 8 rings (SSSR count). The Labute approximate surface area is 242 Å². The topological polar surface area (TPSA) is 138 Å². The number of rotatable bonds is 5. The second-order valence-electron chi connectivity index (χ2n) is 9.83. The summed E-state index contributed by atoms with van der Waals surface area (Å²) in [6.45, 7) is 0. The van der Waals surface area contributed by atoms with Crippen LogP contribution in [0, 0.1) is 0 Å². The van der Waals surface area contributed by atoms with E-state index >= 15 is 0 Å². The van der Waals surface area contributed by atoms with Crippen molar-refractivity contribution in [1.29, 1.82) is 0 Å². The molecule has 1 aliphatic rings. The number of hydrogen-bond acceptors (Lipinski definition) is 8. The number of nitrogens with two attached hydrogens (primary N) is 1. The minimum absolute atomic E-state index is 0.0577. The molecule has 0 atom stereocenters. The average Bonchev–Trinajstić information content (AvgIpc) is 3.51. The van der Waals surface area contributed by atoms with Gasteiger partial charge in [-0.15, -0.1) is 22.7 Å². The standard InChI is InChI=1S/C20H16N4OS.C10H8N4S/c25-19(20(8-9-20)13-4-2-1-3-5-13)22-14-6-7-15-16(10-14)24-18(23-15)17-11-26-12-21-17;11-6-1-2-7-8(3-6)14-10(13-7)9-4-15-5-12-9/h1-7,10-12H,8-9H2,(H,22,25)(H,23,24);1-5H,11H2,(H,13,14). The summed E-state index contributed by atoms with van der Waals surface area (Å²) in [6, 6.07) is 21.4. The van der Waals surface area contributed by atoms with Gasteiger partial charge in [-0.05, 0) is 54.8 Å². The van der Waals surface area contributed by atoms with Gasteiger partial charge in [-0.1, -0.05) is 30.3 Å². The molecule has 0 bridgehead atoms. The third kappa shape index (κ3) is 4.96. The lowest BCUT2D eigenvalue weighted by Gasteiger charge is -2.15. The summed E-state index contributed by atoms with van der Waals surface area (Å²) in [6.07, 6.45) is 1.78. The number of nitrogens with one attached hydrogen (secondary N) is 3. The van der Waals surface area contributed by atoms with Gasteiger partial charge in [0.1, 0.15) is 11.4 Å². The Morgan fingerprint density at radius 2 is 1.41 bits per heavy atom. The molecular formula is C30H24N8OS2. The van der Waals surface area contributed by atoms with Crippen LogP contribution in [-0.2, 0) is 10.2 Å². The molecule has 11 heteroatoms. The third-order valence-corrected chi connectivity index (χ3v) is 8.28. The van der Waals surface area contributed by atoms with Crippen LogP contribution in [0.1, 0.15) is 18.4 Å². The number of carbonyl (C=O) groups excluding carboxylic acids is 1. The Kier molecular flexibility index (Phi) is 6.29. The fourth-order valence-corrected chi connectivity index (χ4v) is 5.87. The van der Waals surface area contributed by atoms with Crippen LogP contribution in [0.4, 0.5) is 11.4 Å². The number of H-pyrrole nitrogens is 2. The third-order valence-electron chi connectivity index (χ3n) is 7.11. The normalized spacial score (nSPS) is 13.6. The van der Waals surface area contributed by atoms with Crippen LogP contribution in [0.5, 0.6) is 0 Å². The van der Waals surface area contributed by atoms with Gasteiger partial charge in [-0.25, -0.2) is 19.9 Å². The number of imidazole rings is 2. The van der Waals surface area contributed by atoms with Crippen molar-refractivity contribution in [2.75, 3.05) is 11.1 Å². The number of thiazole rings is 2. The Balaban J connectivity index is 0.000000156. The minimum atomic E-state index is -0.379. The lowest BCUT2D eigenvalue weighted by molar-refractivity contribution is -0.118. The molecule has 1 aliphatic carbocycles. The molecule has 3 aromatic carbocycles. The van der Waals surface area contributed by atoms with Gasteiger partial charge in [0, 0.05) is 22.1 Å². The molecule has 0 saturated heterocycles. The summed E-state index contributed by atoms with van der Waals surface area (Å²) >= 11 is 3.09. The van der Waals surface area contributed by atoms with Crippen molar-refractivity contribution in [3.05, 3.63) is 94.1 Å². The maximum Gasteiger partial charge on any atom is 0.235 e. The Morgan fingerprint density at radius 1 is 0.805 bits per heavy atom. The predicted octanol–water partition coefficient (Wildman–Crippen LogP) is 6.63. The number of hydrogen-bond donors (Lipinski definition) is 4. The average molecular weight is 577 g/mol. The molecule has 5 N–H and O–H groups in total. The quantitative estimate of drug-likeness (QED) is 0.170. The number of anilines is 2. The summed E-state index contributed by atoms with van der Waals surface area (Å²) in [5, 5.41) is 6.99. The molecule has 41 heavy (non-hydrogen) atoms. The highest BCUT2D eigenvalue weighted by molar-refractivity contribution is 7.08. The van der Waals surface area contributed by atoms with Crippen LogP contribution in [0.3, 0.4) is 0 Å². The summed E-state index contributed by atoms with van der Waals surface area (Å²) in [7, 11) is 0. The first-order valence-electron chi connectivity index (χ1n) is 13.0. The number of nitrogens with zero attached hydrogens (tertiary/aromatic N) is 4. The van der Waals surface area contributed by atoms with Crippen LogP contribution in [0.25, 0.3) is 45.1 Å². The number of aromatic amines is 2. The van der Waals surface area contributed by atoms with Crippen molar-refractivity contribution in [2.24, 2.45) is 0 Å². The molecule has 1 saturated carbocycles. The smallest absolute Gasteiger partial charge is 0.235 e. The van der Waals surface area contributed by atoms with Gasteiger partial charge in [0.05, 0.1) is 38.5 Å². The lowest BCUT2D eigenvalue weighted by Crippen LogP contribution is -2.27. The summed E-state index contributed by atoms with van der Waals surface area (Å²) < 4.78 is 0. The van der Waals surface area contributed by atoms with Crippen LogP contribution in [0.2, 0.25) is 0 Å². The van der Waals surface area contributed by atoms with E-state index in [1.54, 1.807) is 22.4 Å². The molecule has 1 amide bonds. The van der Waals surface area contributed by atoms with E-state index in [0.717, 1.165) is 74.9 Å². The van der Waals surface area contributed by atoms with Crippen molar-refractivity contribution in [2.45, 2.75) is 18.3 Å². The van der Waals surface area contributed by atoms with Gasteiger partial charge in [-0.3, -0.25) is 4.79 Å². The molecule has 7 aromatic rings. The Bertz CT molecular complexity index is 1960. The highest BCUT2D eigenvalue weighted by Crippen LogP contribution is 2.49. The zero-order valence-corrected chi connectivity index (χ0v) is 23.3. The van der Waals surface area contributed by atoms with Gasteiger partial charge in [0.15, 0.2) is 11.6 Å². The van der Waals surface area contributed by atoms with Crippen LogP contribution < -0.4 is 11.1 Å². The number of amides is 1. The monoisotopic (exact) mass is 576 g/mol. The van der Waals surface area contributed by atoms with Crippen LogP contribution >= 0.6 is 22.7 Å². The van der Waals surface area contributed by atoms with Crippen molar-refractivity contribution >= 4 is 62.0 Å². The maximum atomic E-state index is 12.9. The van der Waals surface area contributed by atoms with Crippen LogP contribution in [-0.4, -0.2) is 35.8 Å². The zero-order valence-electron chi connectivity index (χ0n) is 21.7. The Hall–Kier alpha value is -4.87. The lowest BCUT2D eigenvalue weighted by atomic mass is 9.95. The summed E-state index contributed by atoms with van der Waals surface area (Å²) in [5.41, 5.74) is 16.8. The second-order valence-corrected chi connectivity index (χ2v) is 11.3. The molecule has 4 aromatic heterocycles. The SMILES string of the molecule is Nc1ccc2nc(-c3cscn3)[nH]c2c1.O=C(Nc1ccc2nc(-c3cscn3)[nH]c2c1)C1(c2ccccc2)CC1. The van der Waals surface area contributed by atoms with Crippen LogP contribution in [0.15, 0.2) is 88.5 Å². The van der Waals surface area contributed by atoms with Gasteiger partial charge in [-0.2, -0.15) is 0 Å². The number of nitrogen functional groups attached to an aromatic ring is 1. The fraction of sp³-hybridized carbons (Fsp3) is 0.100. The largest absolute Gasteiger partial charge is 0.399 e. The van der Waals surface area contributed by atoms with Crippen molar-refractivity contribution in [3.63, 3.8) is 0 Å². The molecule has 1 fully saturated rings. The molecule has 0 unspecified atom stereocenters. The van der Waals surface area contributed by atoms with E-state index in [2.05, 4.69) is 35.2 Å². The molecule has 9 nitrogen and oxygen atoms in total. The first kappa shape index (κ1) is 25.1. The first-order chi connectivity index (χ1) is 20.1. The van der Waals surface area contributed by atoms with E-state index in [-0.39, 0.29) is 11.3 Å². The minimum Gasteiger partial charge on any atom is -0.399 e. The van der Waals surface area contributed by atoms with Gasteiger partial charge >= 0.3 is 0 Å². The number of aromatic nitrogens is 6. The fourth-order valence-electron chi connectivity index (χ4n) is 4.80. The van der Waals surface area contributed by atoms with Crippen molar-refractivity contribution in [3.8, 4) is 23.0 Å². The second kappa shape index (κ2) is 10.3. The summed E-state index contributed by atoms with van der Waals surface area (Å²) in [4.78, 5) is 36.8. The van der Waals surface area contributed by atoms with Gasteiger partial charge in [0.2, 0.25) is 5.91 Å². The van der Waals surface area contributed by atoms with Crippen molar-refractivity contribution in [1.82, 2.24) is 29.9 Å². The zero-order chi connectivity index (χ0) is 27.8. The van der Waals surface area contributed by atoms with E-state index in [9.17, 15) is 4.79 Å². The van der Waals surface area contributed by atoms with E-state index < -0.39 is 0 Å². The Morgan fingerprint density at radius 3 is 2.00 bits per heavy atom. The van der Waals surface area contributed by atoms with E-state index in [0.29, 0.717) is 0 Å². The highest BCUT2D eigenvalue weighted by atomic mass is 32.1. The van der Waals surface area contributed by atoms with Gasteiger partial charge < -0.3 is 21.0 Å². The van der Waals surface area contributed by atoms with E-state index in [1.807, 2.05) is 77.5 Å². The number of fused-ring (bicyclic) bond motifs is 2. The predicted molar refractivity (Wildman–Crippen MR) is 165 cm³/mol. The maximum absolute atomic E-state index is 12.9. The van der Waals surface area contributed by atoms with Gasteiger partial charge in [0.25, 0.3) is 0 Å². The van der Waals surface area contributed by atoms with E-state index in [4.69, 9.17) is 5.73 Å². The summed E-state index contributed by atoms with van der Waals surface area (Å²) in [5.74, 6) is 1.59.